The molecule has 7 heteroatoms. The van der Waals surface area contributed by atoms with Crippen molar-refractivity contribution < 1.29 is 28.5 Å². The average Bonchev–Trinajstić information content (AvgIpc) is 2.50. The molecule has 0 heterocycles. The molecule has 0 amide bonds. The zero-order valence-electron chi connectivity index (χ0n) is 13.8. The lowest BCUT2D eigenvalue weighted by Crippen LogP contribution is -2.19. The van der Waals surface area contributed by atoms with E-state index in [9.17, 15) is 4.79 Å². The third kappa shape index (κ3) is 17.1. The van der Waals surface area contributed by atoms with Crippen LogP contribution in [0, 0.1) is 0 Å². The summed E-state index contributed by atoms with van der Waals surface area (Å²) in [5, 5.41) is 0. The van der Waals surface area contributed by atoms with Gasteiger partial charge in [-0.25, -0.2) is 4.79 Å². The van der Waals surface area contributed by atoms with Crippen molar-refractivity contribution >= 4 is 5.97 Å². The molecule has 0 aliphatic carbocycles. The summed E-state index contributed by atoms with van der Waals surface area (Å²) >= 11 is 0. The van der Waals surface area contributed by atoms with Crippen LogP contribution < -0.4 is 0 Å². The number of likely N-dealkylation sites (N-methyl/N-ethyl adjacent to an activating group) is 1. The van der Waals surface area contributed by atoms with Gasteiger partial charge in [0.15, 0.2) is 0 Å². The minimum atomic E-state index is -0.442. The maximum absolute atomic E-state index is 10.7. The molecule has 0 unspecified atom stereocenters. The maximum Gasteiger partial charge on any atom is 0.330 e. The predicted molar refractivity (Wildman–Crippen MR) is 83.0 cm³/mol. The van der Waals surface area contributed by atoms with Gasteiger partial charge >= 0.3 is 5.97 Å². The highest BCUT2D eigenvalue weighted by molar-refractivity contribution is 5.81. The van der Waals surface area contributed by atoms with Crippen molar-refractivity contribution in [3.05, 3.63) is 12.7 Å². The standard InChI is InChI=1S/C15H29NO6/c1-4-15(17)22-14-13-21-12-11-20-10-9-19-8-7-18-6-5-16(2)3/h4H,1,5-14H2,2-3H3. The van der Waals surface area contributed by atoms with Gasteiger partial charge < -0.3 is 28.6 Å². The van der Waals surface area contributed by atoms with Gasteiger partial charge in [-0.2, -0.15) is 0 Å². The Hall–Kier alpha value is -0.990. The largest absolute Gasteiger partial charge is 0.460 e. The summed E-state index contributed by atoms with van der Waals surface area (Å²) < 4.78 is 26.0. The smallest absolute Gasteiger partial charge is 0.330 e. The van der Waals surface area contributed by atoms with Gasteiger partial charge in [0.25, 0.3) is 0 Å². The lowest BCUT2D eigenvalue weighted by Gasteiger charge is -2.10. The van der Waals surface area contributed by atoms with Crippen LogP contribution in [0.2, 0.25) is 0 Å². The molecule has 0 saturated heterocycles. The van der Waals surface area contributed by atoms with Crippen LogP contribution in [0.15, 0.2) is 12.7 Å². The topological polar surface area (TPSA) is 66.5 Å². The Labute approximate surface area is 133 Å². The molecule has 130 valence electrons. The summed E-state index contributed by atoms with van der Waals surface area (Å²) in [6, 6.07) is 0. The fraction of sp³-hybridized carbons (Fsp3) is 0.800. The van der Waals surface area contributed by atoms with Crippen molar-refractivity contribution in [2.75, 3.05) is 80.1 Å². The summed E-state index contributed by atoms with van der Waals surface area (Å²) in [5.41, 5.74) is 0. The Morgan fingerprint density at radius 2 is 1.23 bits per heavy atom. The third-order valence-electron chi connectivity index (χ3n) is 2.44. The average molecular weight is 319 g/mol. The number of carbonyl (C=O) groups excluding carboxylic acids is 1. The lowest BCUT2D eigenvalue weighted by atomic mass is 10.6. The highest BCUT2D eigenvalue weighted by atomic mass is 16.6. The van der Waals surface area contributed by atoms with Crippen LogP contribution >= 0.6 is 0 Å². The Balaban J connectivity index is 3.02. The molecular weight excluding hydrogens is 290 g/mol. The van der Waals surface area contributed by atoms with Crippen LogP contribution in [-0.2, 0) is 28.5 Å². The van der Waals surface area contributed by atoms with Gasteiger partial charge in [0.1, 0.15) is 6.61 Å². The van der Waals surface area contributed by atoms with Gasteiger partial charge in [-0.1, -0.05) is 6.58 Å². The number of ether oxygens (including phenoxy) is 5. The molecule has 0 fully saturated rings. The fourth-order valence-electron chi connectivity index (χ4n) is 1.27. The molecule has 0 atom stereocenters. The first kappa shape index (κ1) is 21.0. The summed E-state index contributed by atoms with van der Waals surface area (Å²) in [5.74, 6) is -0.442. The quantitative estimate of drug-likeness (QED) is 0.231. The van der Waals surface area contributed by atoms with Crippen molar-refractivity contribution in [3.8, 4) is 0 Å². The molecular formula is C15H29NO6. The summed E-state index contributed by atoms with van der Waals surface area (Å²) in [7, 11) is 4.02. The number of hydrogen-bond donors (Lipinski definition) is 0. The minimum Gasteiger partial charge on any atom is -0.460 e. The molecule has 0 aromatic heterocycles. The van der Waals surface area contributed by atoms with Crippen molar-refractivity contribution in [1.29, 1.82) is 0 Å². The first-order valence-corrected chi connectivity index (χ1v) is 7.41. The zero-order valence-corrected chi connectivity index (χ0v) is 13.8. The first-order chi connectivity index (χ1) is 10.7. The van der Waals surface area contributed by atoms with Gasteiger partial charge in [-0.3, -0.25) is 0 Å². The van der Waals surface area contributed by atoms with E-state index in [2.05, 4.69) is 11.5 Å². The van der Waals surface area contributed by atoms with Crippen molar-refractivity contribution in [1.82, 2.24) is 4.90 Å². The first-order valence-electron chi connectivity index (χ1n) is 7.41. The van der Waals surface area contributed by atoms with Crippen LogP contribution in [0.1, 0.15) is 0 Å². The van der Waals surface area contributed by atoms with E-state index in [4.69, 9.17) is 23.7 Å². The van der Waals surface area contributed by atoms with E-state index in [0.717, 1.165) is 12.6 Å². The van der Waals surface area contributed by atoms with E-state index in [1.807, 2.05) is 14.1 Å². The lowest BCUT2D eigenvalue weighted by molar-refractivity contribution is -0.139. The van der Waals surface area contributed by atoms with Gasteiger partial charge in [-0.15, -0.1) is 0 Å². The van der Waals surface area contributed by atoms with Gasteiger partial charge in [0.2, 0.25) is 0 Å². The Morgan fingerprint density at radius 1 is 0.818 bits per heavy atom. The second-order valence-corrected chi connectivity index (χ2v) is 4.62. The van der Waals surface area contributed by atoms with Crippen molar-refractivity contribution in [2.45, 2.75) is 0 Å². The van der Waals surface area contributed by atoms with Crippen LogP contribution in [0.4, 0.5) is 0 Å². The maximum atomic E-state index is 10.7. The second-order valence-electron chi connectivity index (χ2n) is 4.62. The number of esters is 1. The van der Waals surface area contributed by atoms with Crippen LogP contribution in [0.25, 0.3) is 0 Å². The molecule has 7 nitrogen and oxygen atoms in total. The van der Waals surface area contributed by atoms with Gasteiger partial charge in [-0.05, 0) is 14.1 Å². The monoisotopic (exact) mass is 319 g/mol. The van der Waals surface area contributed by atoms with Crippen LogP contribution in [-0.4, -0.2) is 91.0 Å². The zero-order chi connectivity index (χ0) is 16.5. The van der Waals surface area contributed by atoms with Crippen molar-refractivity contribution in [2.24, 2.45) is 0 Å². The van der Waals surface area contributed by atoms with E-state index in [0.29, 0.717) is 52.9 Å². The van der Waals surface area contributed by atoms with E-state index in [-0.39, 0.29) is 6.61 Å². The molecule has 0 aromatic rings. The minimum absolute atomic E-state index is 0.224. The van der Waals surface area contributed by atoms with E-state index in [1.54, 1.807) is 0 Å². The molecule has 0 saturated carbocycles. The number of nitrogens with zero attached hydrogens (tertiary/aromatic N) is 1. The number of carbonyl (C=O) groups is 1. The Kier molecular flexibility index (Phi) is 15.6. The molecule has 0 radical (unpaired) electrons. The highest BCUT2D eigenvalue weighted by Crippen LogP contribution is 1.85. The molecule has 0 rings (SSSR count). The molecule has 22 heavy (non-hydrogen) atoms. The summed E-state index contributed by atoms with van der Waals surface area (Å²) in [6.07, 6.45) is 1.12. The Bertz CT molecular complexity index is 273. The highest BCUT2D eigenvalue weighted by Gasteiger charge is 1.96. The SMILES string of the molecule is C=CC(=O)OCCOCCOCCOCCOCCN(C)C. The normalized spacial score (nSPS) is 10.9. The Morgan fingerprint density at radius 3 is 1.64 bits per heavy atom. The molecule has 0 aliphatic rings. The van der Waals surface area contributed by atoms with Crippen LogP contribution in [0.3, 0.4) is 0 Å². The van der Waals surface area contributed by atoms with E-state index in [1.165, 1.54) is 0 Å². The molecule has 0 aliphatic heterocycles. The van der Waals surface area contributed by atoms with Gasteiger partial charge in [0, 0.05) is 12.6 Å². The second kappa shape index (κ2) is 16.4. The number of hydrogen-bond acceptors (Lipinski definition) is 7. The number of rotatable bonds is 16. The molecule has 0 spiro atoms. The fourth-order valence-corrected chi connectivity index (χ4v) is 1.27. The summed E-state index contributed by atoms with van der Waals surface area (Å²) in [6.45, 7) is 8.66. The summed E-state index contributed by atoms with van der Waals surface area (Å²) in [4.78, 5) is 12.8. The molecule has 0 bridgehead atoms. The third-order valence-corrected chi connectivity index (χ3v) is 2.44. The van der Waals surface area contributed by atoms with E-state index >= 15 is 0 Å². The van der Waals surface area contributed by atoms with Gasteiger partial charge in [0.05, 0.1) is 52.9 Å². The van der Waals surface area contributed by atoms with Crippen LogP contribution in [0.5, 0.6) is 0 Å². The van der Waals surface area contributed by atoms with Crippen molar-refractivity contribution in [3.63, 3.8) is 0 Å². The molecule has 0 aromatic carbocycles. The van der Waals surface area contributed by atoms with E-state index < -0.39 is 5.97 Å². The molecule has 0 N–H and O–H groups in total. The predicted octanol–water partition coefficient (Wildman–Crippen LogP) is 0.344.